The number of H-pyrrole nitrogens is 1. The molecule has 74 valence electrons. The van der Waals surface area contributed by atoms with Gasteiger partial charge in [-0.05, 0) is 12.0 Å². The Hall–Kier alpha value is -0.940. The largest absolute Gasteiger partial charge is 0.295 e. The van der Waals surface area contributed by atoms with Crippen LogP contribution in [0.2, 0.25) is 0 Å². The molecule has 2 aromatic heterocycles. The zero-order chi connectivity index (χ0) is 10.1. The molecule has 2 heterocycles. The first-order valence-electron chi connectivity index (χ1n) is 4.40. The van der Waals surface area contributed by atoms with Gasteiger partial charge < -0.3 is 0 Å². The maximum atomic E-state index is 5.24. The second kappa shape index (κ2) is 3.67. The summed E-state index contributed by atoms with van der Waals surface area (Å²) in [7, 11) is 0. The molecule has 2 aromatic rings. The number of aromatic amines is 1. The average Bonchev–Trinajstić information content (AvgIpc) is 2.71. The van der Waals surface area contributed by atoms with Crippen molar-refractivity contribution in [3.63, 3.8) is 0 Å². The summed E-state index contributed by atoms with van der Waals surface area (Å²) in [5.41, 5.74) is 1.14. The Morgan fingerprint density at radius 2 is 2.36 bits per heavy atom. The lowest BCUT2D eigenvalue weighted by Crippen LogP contribution is -1.97. The number of thiazole rings is 1. The summed E-state index contributed by atoms with van der Waals surface area (Å²) in [6, 6.07) is 1.99. The number of nitrogens with one attached hydrogen (secondary N) is 1. The fraction of sp³-hybridized carbons (Fsp3) is 0.333. The first-order chi connectivity index (χ1) is 6.68. The minimum Gasteiger partial charge on any atom is -0.295 e. The van der Waals surface area contributed by atoms with E-state index in [4.69, 9.17) is 12.2 Å². The van der Waals surface area contributed by atoms with Crippen molar-refractivity contribution >= 4 is 23.6 Å². The van der Waals surface area contributed by atoms with Crippen molar-refractivity contribution in [1.29, 1.82) is 0 Å². The third kappa shape index (κ3) is 1.65. The summed E-state index contributed by atoms with van der Waals surface area (Å²) in [5.74, 6) is 0.456. The van der Waals surface area contributed by atoms with Gasteiger partial charge in [-0.2, -0.15) is 0 Å². The molecule has 3 nitrogen and oxygen atoms in total. The lowest BCUT2D eigenvalue weighted by molar-refractivity contribution is 0.762. The second-order valence-corrected chi connectivity index (χ2v) is 4.65. The zero-order valence-electron chi connectivity index (χ0n) is 8.02. The van der Waals surface area contributed by atoms with Gasteiger partial charge in [-0.1, -0.05) is 26.1 Å². The third-order valence-electron chi connectivity index (χ3n) is 1.97. The number of nitrogens with zero attached hydrogens (tertiary/aromatic N) is 2. The predicted molar refractivity (Wildman–Crippen MR) is 60.7 cm³/mol. The molecule has 0 aromatic carbocycles. The van der Waals surface area contributed by atoms with Crippen LogP contribution >= 0.6 is 23.6 Å². The van der Waals surface area contributed by atoms with Crippen LogP contribution in [-0.4, -0.2) is 14.8 Å². The SMILES string of the molecule is CC(C)c1cc(=S)n(-c2nccs2)[nH]1. The van der Waals surface area contributed by atoms with Gasteiger partial charge in [0.15, 0.2) is 0 Å². The summed E-state index contributed by atoms with van der Waals surface area (Å²) >= 11 is 6.81. The molecule has 0 amide bonds. The van der Waals surface area contributed by atoms with Crippen molar-refractivity contribution in [2.24, 2.45) is 0 Å². The molecule has 5 heteroatoms. The van der Waals surface area contributed by atoms with E-state index in [2.05, 4.69) is 23.9 Å². The normalized spacial score (nSPS) is 11.1. The molecule has 0 spiro atoms. The quantitative estimate of drug-likeness (QED) is 0.797. The topological polar surface area (TPSA) is 33.6 Å². The molecule has 0 saturated carbocycles. The van der Waals surface area contributed by atoms with E-state index in [-0.39, 0.29) is 0 Å². The Labute approximate surface area is 91.4 Å². The summed E-state index contributed by atoms with van der Waals surface area (Å²) in [6.45, 7) is 4.26. The Balaban J connectivity index is 2.50. The van der Waals surface area contributed by atoms with Crippen LogP contribution in [0.3, 0.4) is 0 Å². The van der Waals surface area contributed by atoms with E-state index in [1.807, 2.05) is 16.1 Å². The van der Waals surface area contributed by atoms with Crippen LogP contribution in [0.25, 0.3) is 5.13 Å². The number of rotatable bonds is 2. The highest BCUT2D eigenvalue weighted by Crippen LogP contribution is 2.16. The zero-order valence-corrected chi connectivity index (χ0v) is 9.65. The molecule has 0 aliphatic rings. The molecule has 0 aliphatic heterocycles. The van der Waals surface area contributed by atoms with Crippen LogP contribution in [-0.2, 0) is 0 Å². The van der Waals surface area contributed by atoms with Crippen molar-refractivity contribution in [3.8, 4) is 5.13 Å². The van der Waals surface area contributed by atoms with Gasteiger partial charge >= 0.3 is 0 Å². The lowest BCUT2D eigenvalue weighted by atomic mass is 10.1. The molecule has 14 heavy (non-hydrogen) atoms. The molecule has 0 saturated heterocycles. The molecule has 2 rings (SSSR count). The van der Waals surface area contributed by atoms with E-state index >= 15 is 0 Å². The minimum atomic E-state index is 0.456. The minimum absolute atomic E-state index is 0.456. The first-order valence-corrected chi connectivity index (χ1v) is 5.69. The second-order valence-electron chi connectivity index (χ2n) is 3.35. The molecule has 0 unspecified atom stereocenters. The van der Waals surface area contributed by atoms with E-state index in [1.165, 1.54) is 0 Å². The summed E-state index contributed by atoms with van der Waals surface area (Å²) < 4.78 is 2.62. The number of hydrogen-bond acceptors (Lipinski definition) is 3. The molecule has 1 N–H and O–H groups in total. The van der Waals surface area contributed by atoms with Crippen LogP contribution in [0, 0.1) is 4.64 Å². The third-order valence-corrected chi connectivity index (χ3v) is 3.03. The van der Waals surface area contributed by atoms with Gasteiger partial charge in [0.05, 0.1) is 0 Å². The standard InChI is InChI=1S/C9H11N3S2/c1-6(2)7-5-8(13)12(11-7)9-10-3-4-14-9/h3-6,11H,1-2H3. The first kappa shape index (κ1) is 9.61. The van der Waals surface area contributed by atoms with Crippen molar-refractivity contribution in [2.45, 2.75) is 19.8 Å². The highest BCUT2D eigenvalue weighted by atomic mass is 32.1. The molecule has 0 aliphatic carbocycles. The van der Waals surface area contributed by atoms with E-state index in [0.717, 1.165) is 15.5 Å². The highest BCUT2D eigenvalue weighted by Gasteiger charge is 2.06. The smallest absolute Gasteiger partial charge is 0.209 e. The van der Waals surface area contributed by atoms with E-state index in [0.29, 0.717) is 5.92 Å². The Kier molecular flexibility index (Phi) is 2.52. The van der Waals surface area contributed by atoms with Gasteiger partial charge in [0.2, 0.25) is 5.13 Å². The van der Waals surface area contributed by atoms with Gasteiger partial charge in [-0.25, -0.2) is 9.67 Å². The summed E-state index contributed by atoms with van der Waals surface area (Å²) in [6.07, 6.45) is 1.78. The van der Waals surface area contributed by atoms with Crippen LogP contribution in [0.5, 0.6) is 0 Å². The van der Waals surface area contributed by atoms with Crippen molar-refractivity contribution < 1.29 is 0 Å². The molecule has 0 radical (unpaired) electrons. The molecule has 0 bridgehead atoms. The fourth-order valence-electron chi connectivity index (χ4n) is 1.18. The summed E-state index contributed by atoms with van der Waals surface area (Å²) in [4.78, 5) is 4.20. The maximum Gasteiger partial charge on any atom is 0.209 e. The molecule has 0 atom stereocenters. The van der Waals surface area contributed by atoms with Gasteiger partial charge in [0, 0.05) is 17.3 Å². The van der Waals surface area contributed by atoms with Crippen LogP contribution in [0.4, 0.5) is 0 Å². The van der Waals surface area contributed by atoms with Crippen molar-refractivity contribution in [3.05, 3.63) is 28.0 Å². The van der Waals surface area contributed by atoms with Crippen LogP contribution < -0.4 is 0 Å². The Morgan fingerprint density at radius 3 is 2.86 bits per heavy atom. The molecular formula is C9H11N3S2. The maximum absolute atomic E-state index is 5.24. The lowest BCUT2D eigenvalue weighted by Gasteiger charge is -2.00. The van der Waals surface area contributed by atoms with Crippen molar-refractivity contribution in [1.82, 2.24) is 14.8 Å². The fourth-order valence-corrected chi connectivity index (χ4v) is 2.11. The summed E-state index contributed by atoms with van der Waals surface area (Å²) in [5, 5.41) is 6.07. The highest BCUT2D eigenvalue weighted by molar-refractivity contribution is 7.71. The number of hydrogen-bond donors (Lipinski definition) is 1. The van der Waals surface area contributed by atoms with Gasteiger partial charge in [-0.15, -0.1) is 11.3 Å². The Morgan fingerprint density at radius 1 is 1.57 bits per heavy atom. The van der Waals surface area contributed by atoms with Gasteiger partial charge in [-0.3, -0.25) is 5.10 Å². The number of aromatic nitrogens is 3. The van der Waals surface area contributed by atoms with Crippen molar-refractivity contribution in [2.75, 3.05) is 0 Å². The van der Waals surface area contributed by atoms with Gasteiger partial charge in [0.1, 0.15) is 4.64 Å². The predicted octanol–water partition coefficient (Wildman–Crippen LogP) is 3.11. The average molecular weight is 225 g/mol. The molecule has 0 fully saturated rings. The van der Waals surface area contributed by atoms with Crippen LogP contribution in [0.15, 0.2) is 17.6 Å². The van der Waals surface area contributed by atoms with E-state index in [1.54, 1.807) is 17.5 Å². The monoisotopic (exact) mass is 225 g/mol. The van der Waals surface area contributed by atoms with E-state index in [9.17, 15) is 0 Å². The van der Waals surface area contributed by atoms with Crippen LogP contribution in [0.1, 0.15) is 25.5 Å². The van der Waals surface area contributed by atoms with E-state index < -0.39 is 0 Å². The Bertz CT molecular complexity index is 464. The molecular weight excluding hydrogens is 214 g/mol. The van der Waals surface area contributed by atoms with Gasteiger partial charge in [0.25, 0.3) is 0 Å².